The van der Waals surface area contributed by atoms with Crippen molar-refractivity contribution >= 4 is 17.5 Å². The molecule has 0 spiro atoms. The van der Waals surface area contributed by atoms with Crippen molar-refractivity contribution < 1.29 is 0 Å². The number of nitrogens with zero attached hydrogens (tertiary/aromatic N) is 2. The van der Waals surface area contributed by atoms with Crippen LogP contribution in [0.15, 0.2) is 24.4 Å². The minimum Gasteiger partial charge on any atom is -0.354 e. The summed E-state index contributed by atoms with van der Waals surface area (Å²) >= 11 is 0. The van der Waals surface area contributed by atoms with Gasteiger partial charge in [0, 0.05) is 24.0 Å². The molecule has 0 unspecified atom stereocenters. The standard InChI is InChI=1S/C17H22N4/c1-3-18-17-19-11-12(2)16(21-17)20-15-10-6-8-13-7-4-5-9-14(13)15/h6,8,10-11H,3-5,7,9H2,1-2H3,(H2,18,19,20,21). The number of rotatable bonds is 4. The van der Waals surface area contributed by atoms with Crippen molar-refractivity contribution in [2.24, 2.45) is 0 Å². The van der Waals surface area contributed by atoms with Crippen LogP contribution in [0, 0.1) is 6.92 Å². The van der Waals surface area contributed by atoms with Gasteiger partial charge < -0.3 is 10.6 Å². The van der Waals surface area contributed by atoms with Crippen molar-refractivity contribution in [3.8, 4) is 0 Å². The lowest BCUT2D eigenvalue weighted by Gasteiger charge is -2.20. The molecular formula is C17H22N4. The minimum absolute atomic E-state index is 0.676. The van der Waals surface area contributed by atoms with E-state index >= 15 is 0 Å². The lowest BCUT2D eigenvalue weighted by molar-refractivity contribution is 0.687. The summed E-state index contributed by atoms with van der Waals surface area (Å²) < 4.78 is 0. The SMILES string of the molecule is CCNc1ncc(C)c(Nc2cccc3c2CCCC3)n1. The average molecular weight is 282 g/mol. The van der Waals surface area contributed by atoms with Gasteiger partial charge in [-0.3, -0.25) is 0 Å². The van der Waals surface area contributed by atoms with Crippen LogP contribution in [0.2, 0.25) is 0 Å². The van der Waals surface area contributed by atoms with Crippen LogP contribution in [0.1, 0.15) is 36.5 Å². The second kappa shape index (κ2) is 6.12. The van der Waals surface area contributed by atoms with Gasteiger partial charge in [-0.2, -0.15) is 4.98 Å². The first-order valence-corrected chi connectivity index (χ1v) is 7.73. The quantitative estimate of drug-likeness (QED) is 0.894. The first-order valence-electron chi connectivity index (χ1n) is 7.73. The number of anilines is 3. The molecule has 2 N–H and O–H groups in total. The van der Waals surface area contributed by atoms with Crippen LogP contribution in [-0.4, -0.2) is 16.5 Å². The Morgan fingerprint density at radius 3 is 2.90 bits per heavy atom. The Bertz CT molecular complexity index is 637. The molecule has 4 heteroatoms. The average Bonchev–Trinajstić information content (AvgIpc) is 2.51. The van der Waals surface area contributed by atoms with Crippen LogP contribution in [0.4, 0.5) is 17.5 Å². The topological polar surface area (TPSA) is 49.8 Å². The van der Waals surface area contributed by atoms with Crippen molar-refractivity contribution in [3.63, 3.8) is 0 Å². The molecule has 0 bridgehead atoms. The monoisotopic (exact) mass is 282 g/mol. The fraction of sp³-hybridized carbons (Fsp3) is 0.412. The molecule has 0 amide bonds. The van der Waals surface area contributed by atoms with Gasteiger partial charge in [-0.1, -0.05) is 12.1 Å². The summed E-state index contributed by atoms with van der Waals surface area (Å²) in [4.78, 5) is 8.87. The smallest absolute Gasteiger partial charge is 0.224 e. The first-order chi connectivity index (χ1) is 10.3. The molecule has 3 rings (SSSR count). The van der Waals surface area contributed by atoms with Gasteiger partial charge in [0.15, 0.2) is 0 Å². The number of benzene rings is 1. The molecule has 1 heterocycles. The van der Waals surface area contributed by atoms with E-state index in [1.807, 2.05) is 20.0 Å². The molecule has 21 heavy (non-hydrogen) atoms. The van der Waals surface area contributed by atoms with E-state index in [0.29, 0.717) is 5.95 Å². The van der Waals surface area contributed by atoms with Gasteiger partial charge in [-0.15, -0.1) is 0 Å². The maximum Gasteiger partial charge on any atom is 0.224 e. The van der Waals surface area contributed by atoms with Crippen LogP contribution in [0.25, 0.3) is 0 Å². The number of aromatic nitrogens is 2. The van der Waals surface area contributed by atoms with Crippen LogP contribution in [-0.2, 0) is 12.8 Å². The summed E-state index contributed by atoms with van der Waals surface area (Å²) in [5.41, 5.74) is 5.18. The van der Waals surface area contributed by atoms with Crippen LogP contribution in [0.3, 0.4) is 0 Å². The molecule has 0 fully saturated rings. The molecule has 1 aliphatic rings. The normalized spacial score (nSPS) is 13.6. The van der Waals surface area contributed by atoms with Crippen LogP contribution < -0.4 is 10.6 Å². The molecule has 0 saturated carbocycles. The molecule has 0 radical (unpaired) electrons. The van der Waals surface area contributed by atoms with Crippen molar-refractivity contribution in [3.05, 3.63) is 41.1 Å². The van der Waals surface area contributed by atoms with Crippen molar-refractivity contribution in [1.29, 1.82) is 0 Å². The Balaban J connectivity index is 1.91. The van der Waals surface area contributed by atoms with E-state index in [2.05, 4.69) is 38.8 Å². The molecule has 2 aromatic rings. The third kappa shape index (κ3) is 2.99. The molecule has 0 atom stereocenters. The lowest BCUT2D eigenvalue weighted by Crippen LogP contribution is -2.09. The van der Waals surface area contributed by atoms with E-state index in [4.69, 9.17) is 0 Å². The summed E-state index contributed by atoms with van der Waals surface area (Å²) in [6.45, 7) is 4.90. The molecular weight excluding hydrogens is 260 g/mol. The highest BCUT2D eigenvalue weighted by Gasteiger charge is 2.14. The van der Waals surface area contributed by atoms with Gasteiger partial charge in [0.2, 0.25) is 5.95 Å². The number of hydrogen-bond donors (Lipinski definition) is 2. The highest BCUT2D eigenvalue weighted by atomic mass is 15.1. The fourth-order valence-corrected chi connectivity index (χ4v) is 2.84. The van der Waals surface area contributed by atoms with Gasteiger partial charge in [0.25, 0.3) is 0 Å². The largest absolute Gasteiger partial charge is 0.354 e. The Morgan fingerprint density at radius 2 is 2.05 bits per heavy atom. The summed E-state index contributed by atoms with van der Waals surface area (Å²) in [7, 11) is 0. The fourth-order valence-electron chi connectivity index (χ4n) is 2.84. The highest BCUT2D eigenvalue weighted by Crippen LogP contribution is 2.30. The lowest BCUT2D eigenvalue weighted by atomic mass is 9.90. The predicted molar refractivity (Wildman–Crippen MR) is 87.3 cm³/mol. The molecule has 0 saturated heterocycles. The molecule has 1 aromatic carbocycles. The minimum atomic E-state index is 0.676. The summed E-state index contributed by atoms with van der Waals surface area (Å²) in [5, 5.41) is 6.67. The van der Waals surface area contributed by atoms with E-state index in [0.717, 1.165) is 24.3 Å². The van der Waals surface area contributed by atoms with E-state index in [1.54, 1.807) is 0 Å². The number of nitrogens with one attached hydrogen (secondary N) is 2. The Morgan fingerprint density at radius 1 is 1.19 bits per heavy atom. The molecule has 0 aliphatic heterocycles. The molecule has 110 valence electrons. The molecule has 1 aliphatic carbocycles. The Kier molecular flexibility index (Phi) is 4.04. The van der Waals surface area contributed by atoms with Gasteiger partial charge in [-0.05, 0) is 56.7 Å². The van der Waals surface area contributed by atoms with Crippen LogP contribution in [0.5, 0.6) is 0 Å². The summed E-state index contributed by atoms with van der Waals surface area (Å²) in [6, 6.07) is 6.53. The third-order valence-corrected chi connectivity index (χ3v) is 3.96. The van der Waals surface area contributed by atoms with Gasteiger partial charge in [-0.25, -0.2) is 4.98 Å². The highest BCUT2D eigenvalue weighted by molar-refractivity contribution is 5.65. The Hall–Kier alpha value is -2.10. The van der Waals surface area contributed by atoms with Gasteiger partial charge in [0.1, 0.15) is 5.82 Å². The molecule has 1 aromatic heterocycles. The van der Waals surface area contributed by atoms with Gasteiger partial charge in [0.05, 0.1) is 0 Å². The van der Waals surface area contributed by atoms with E-state index < -0.39 is 0 Å². The first kappa shape index (κ1) is 13.9. The van der Waals surface area contributed by atoms with Gasteiger partial charge >= 0.3 is 0 Å². The third-order valence-electron chi connectivity index (χ3n) is 3.96. The van der Waals surface area contributed by atoms with Crippen LogP contribution >= 0.6 is 0 Å². The van der Waals surface area contributed by atoms with Crippen molar-refractivity contribution in [2.45, 2.75) is 39.5 Å². The number of aryl methyl sites for hydroxylation is 2. The second-order valence-corrected chi connectivity index (χ2v) is 5.53. The number of fused-ring (bicyclic) bond motifs is 1. The van der Waals surface area contributed by atoms with E-state index in [9.17, 15) is 0 Å². The van der Waals surface area contributed by atoms with Crippen molar-refractivity contribution in [1.82, 2.24) is 9.97 Å². The van der Waals surface area contributed by atoms with E-state index in [-0.39, 0.29) is 0 Å². The Labute approximate surface area is 126 Å². The summed E-state index contributed by atoms with van der Waals surface area (Å²) in [6.07, 6.45) is 6.78. The zero-order chi connectivity index (χ0) is 14.7. The van der Waals surface area contributed by atoms with E-state index in [1.165, 1.54) is 36.1 Å². The summed E-state index contributed by atoms with van der Waals surface area (Å²) in [5.74, 6) is 1.57. The zero-order valence-corrected chi connectivity index (χ0v) is 12.7. The molecule has 4 nitrogen and oxygen atoms in total. The number of hydrogen-bond acceptors (Lipinski definition) is 4. The predicted octanol–water partition coefficient (Wildman–Crippen LogP) is 3.84. The second-order valence-electron chi connectivity index (χ2n) is 5.53. The maximum absolute atomic E-state index is 4.57. The zero-order valence-electron chi connectivity index (χ0n) is 12.7. The maximum atomic E-state index is 4.57. The van der Waals surface area contributed by atoms with Crippen molar-refractivity contribution in [2.75, 3.05) is 17.2 Å².